The molecule has 1 aliphatic heterocycles. The van der Waals surface area contributed by atoms with Crippen LogP contribution in [-0.4, -0.2) is 15.3 Å². The number of hydrogen-bond acceptors (Lipinski definition) is 3. The molecule has 0 saturated heterocycles. The van der Waals surface area contributed by atoms with E-state index in [1.54, 1.807) is 6.20 Å². The number of rotatable bonds is 5. The Kier molecular flexibility index (Phi) is 5.91. The Balaban J connectivity index is 1.51. The molecule has 2 aromatic heterocycles. The maximum Gasteiger partial charge on any atom is 0.0880 e. The summed E-state index contributed by atoms with van der Waals surface area (Å²) < 4.78 is 2.19. The predicted molar refractivity (Wildman–Crippen MR) is 165 cm³/mol. The fourth-order valence-electron chi connectivity index (χ4n) is 5.44. The number of hydrogen-bond donors (Lipinski definition) is 2. The van der Waals surface area contributed by atoms with Crippen LogP contribution in [0.15, 0.2) is 140 Å². The van der Waals surface area contributed by atoms with E-state index >= 15 is 0 Å². The number of nitrogens with one attached hydrogen (secondary N) is 2. The number of aromatic nitrogens is 2. The summed E-state index contributed by atoms with van der Waals surface area (Å²) in [6.07, 6.45) is 3.94. The first kappa shape index (κ1) is 23.6. The Hall–Kier alpha value is -5.48. The van der Waals surface area contributed by atoms with E-state index in [-0.39, 0.29) is 0 Å². The van der Waals surface area contributed by atoms with Gasteiger partial charge in [0.15, 0.2) is 0 Å². The molecular weight excluding hydrogens is 488 g/mol. The van der Waals surface area contributed by atoms with E-state index in [1.807, 2.05) is 66.7 Å². The van der Waals surface area contributed by atoms with Crippen molar-refractivity contribution in [2.75, 3.05) is 0 Å². The van der Waals surface area contributed by atoms with Gasteiger partial charge >= 0.3 is 0 Å². The first-order valence-electron chi connectivity index (χ1n) is 13.3. The van der Waals surface area contributed by atoms with Crippen molar-refractivity contribution in [3.8, 4) is 5.69 Å². The maximum absolute atomic E-state index is 9.84. The molecule has 6 aromatic rings. The smallest absolute Gasteiger partial charge is 0.0880 e. The van der Waals surface area contributed by atoms with Crippen molar-refractivity contribution in [2.45, 2.75) is 0 Å². The van der Waals surface area contributed by atoms with Crippen LogP contribution in [0, 0.1) is 5.41 Å². The normalized spacial score (nSPS) is 13.8. The Morgan fingerprint density at radius 2 is 1.40 bits per heavy atom. The third-order valence-corrected chi connectivity index (χ3v) is 7.27. The Bertz CT molecular complexity index is 1910. The summed E-state index contributed by atoms with van der Waals surface area (Å²) in [4.78, 5) is 4.62. The van der Waals surface area contributed by atoms with Crippen molar-refractivity contribution >= 4 is 39.7 Å². The zero-order chi connectivity index (χ0) is 26.9. The van der Waals surface area contributed by atoms with Gasteiger partial charge in [-0.2, -0.15) is 0 Å². The van der Waals surface area contributed by atoms with Crippen molar-refractivity contribution < 1.29 is 0 Å². The van der Waals surface area contributed by atoms with Gasteiger partial charge < -0.3 is 9.88 Å². The van der Waals surface area contributed by atoms with E-state index in [9.17, 15) is 5.41 Å². The molecule has 7 rings (SSSR count). The molecule has 0 saturated carbocycles. The van der Waals surface area contributed by atoms with Gasteiger partial charge in [0, 0.05) is 28.4 Å². The third kappa shape index (κ3) is 4.12. The van der Waals surface area contributed by atoms with Crippen LogP contribution in [0.25, 0.3) is 39.6 Å². The van der Waals surface area contributed by atoms with Crippen molar-refractivity contribution in [3.63, 3.8) is 0 Å². The Morgan fingerprint density at radius 3 is 2.20 bits per heavy atom. The van der Waals surface area contributed by atoms with Gasteiger partial charge in [0.2, 0.25) is 0 Å². The number of fused-ring (bicyclic) bond motifs is 2. The summed E-state index contributed by atoms with van der Waals surface area (Å²) in [7, 11) is 0. The molecule has 1 aliphatic rings. The zero-order valence-electron chi connectivity index (χ0n) is 21.8. The van der Waals surface area contributed by atoms with Crippen LogP contribution in [0.2, 0.25) is 0 Å². The number of nitrogens with zero attached hydrogens (tertiary/aromatic N) is 2. The molecule has 2 N–H and O–H groups in total. The van der Waals surface area contributed by atoms with Gasteiger partial charge in [0.25, 0.3) is 0 Å². The van der Waals surface area contributed by atoms with Crippen molar-refractivity contribution in [2.24, 2.45) is 0 Å². The minimum atomic E-state index is 0.436. The van der Waals surface area contributed by atoms with Crippen LogP contribution in [0.4, 0.5) is 0 Å². The number of allylic oxidation sites excluding steroid dienone is 1. The maximum atomic E-state index is 9.84. The van der Waals surface area contributed by atoms with Crippen molar-refractivity contribution in [1.82, 2.24) is 14.9 Å². The summed E-state index contributed by atoms with van der Waals surface area (Å²) in [5.74, 6) is 0. The third-order valence-electron chi connectivity index (χ3n) is 7.27. The lowest BCUT2D eigenvalue weighted by molar-refractivity contribution is 1.10. The fraction of sp³-hybridized carbons (Fsp3) is 0. The number of benzene rings is 4. The van der Waals surface area contributed by atoms with E-state index in [2.05, 4.69) is 87.7 Å². The van der Waals surface area contributed by atoms with Gasteiger partial charge in [0.05, 0.1) is 34.0 Å². The molecule has 190 valence electrons. The highest BCUT2D eigenvalue weighted by atomic mass is 15.0. The lowest BCUT2D eigenvalue weighted by Gasteiger charge is -2.26. The fourth-order valence-corrected chi connectivity index (χ4v) is 5.44. The summed E-state index contributed by atoms with van der Waals surface area (Å²) in [6.45, 7) is 0. The van der Waals surface area contributed by atoms with Gasteiger partial charge in [-0.05, 0) is 53.6 Å². The Morgan fingerprint density at radius 1 is 0.700 bits per heavy atom. The second-order valence-corrected chi connectivity index (χ2v) is 9.74. The molecule has 0 radical (unpaired) electrons. The lowest BCUT2D eigenvalue weighted by Crippen LogP contribution is -2.21. The first-order chi connectivity index (χ1) is 19.8. The van der Waals surface area contributed by atoms with Gasteiger partial charge in [-0.25, -0.2) is 0 Å². The number of para-hydroxylation sites is 2. The minimum Gasteiger partial charge on any atom is -0.353 e. The van der Waals surface area contributed by atoms with E-state index < -0.39 is 0 Å². The first-order valence-corrected chi connectivity index (χ1v) is 13.3. The largest absolute Gasteiger partial charge is 0.353 e. The average molecular weight is 515 g/mol. The molecule has 0 spiro atoms. The number of pyridine rings is 1. The van der Waals surface area contributed by atoms with Gasteiger partial charge in [0.1, 0.15) is 0 Å². The van der Waals surface area contributed by atoms with Gasteiger partial charge in [-0.1, -0.05) is 97.1 Å². The highest BCUT2D eigenvalue weighted by molar-refractivity contribution is 6.36. The molecule has 0 amide bonds. The second-order valence-electron chi connectivity index (χ2n) is 9.74. The average Bonchev–Trinajstić information content (AvgIpc) is 3.42. The van der Waals surface area contributed by atoms with Crippen LogP contribution >= 0.6 is 0 Å². The topological polar surface area (TPSA) is 53.7 Å². The molecule has 0 unspecified atom stereocenters. The monoisotopic (exact) mass is 514 g/mol. The van der Waals surface area contributed by atoms with E-state index in [1.165, 1.54) is 0 Å². The summed E-state index contributed by atoms with van der Waals surface area (Å²) in [6, 6.07) is 45.2. The molecule has 4 aromatic carbocycles. The summed E-state index contributed by atoms with van der Waals surface area (Å²) >= 11 is 0. The van der Waals surface area contributed by atoms with Gasteiger partial charge in [-0.15, -0.1) is 0 Å². The van der Waals surface area contributed by atoms with Crippen LogP contribution < -0.4 is 5.32 Å². The van der Waals surface area contributed by atoms with E-state index in [0.717, 1.165) is 61.6 Å². The zero-order valence-corrected chi connectivity index (χ0v) is 21.8. The molecule has 0 bridgehead atoms. The molecule has 0 aliphatic carbocycles. The molecule has 0 fully saturated rings. The van der Waals surface area contributed by atoms with Crippen LogP contribution in [0.1, 0.15) is 28.1 Å². The van der Waals surface area contributed by atoms with Crippen LogP contribution in [0.5, 0.6) is 0 Å². The molecule has 3 heterocycles. The Labute approximate surface area is 233 Å². The van der Waals surface area contributed by atoms with Gasteiger partial charge in [-0.3, -0.25) is 10.4 Å². The highest BCUT2D eigenvalue weighted by Gasteiger charge is 2.26. The standard InChI is InChI=1S/C36H26N4/c37-35(33-24-27-16-8-10-21-32(27)40(33)28-17-5-2-6-18-28)34(25-13-3-1-4-14-25)36-29-19-9-7-15-26(29)23-31(39-36)30-20-11-12-22-38-30/h1-24,37,39H/b36-34-,37-35?. The van der Waals surface area contributed by atoms with Crippen molar-refractivity contribution in [1.29, 1.82) is 5.41 Å². The van der Waals surface area contributed by atoms with Crippen LogP contribution in [0.3, 0.4) is 0 Å². The predicted octanol–water partition coefficient (Wildman–Crippen LogP) is 8.06. The molecular formula is C36H26N4. The summed E-state index contributed by atoms with van der Waals surface area (Å²) in [5, 5.41) is 14.6. The molecule has 0 atom stereocenters. The molecule has 40 heavy (non-hydrogen) atoms. The minimum absolute atomic E-state index is 0.436. The summed E-state index contributed by atoms with van der Waals surface area (Å²) in [5.41, 5.74) is 9.92. The van der Waals surface area contributed by atoms with E-state index in [4.69, 9.17) is 0 Å². The highest BCUT2D eigenvalue weighted by Crippen LogP contribution is 2.37. The van der Waals surface area contributed by atoms with Crippen molar-refractivity contribution in [3.05, 3.63) is 168 Å². The molecule has 4 nitrogen and oxygen atoms in total. The quantitative estimate of drug-likeness (QED) is 0.229. The second kappa shape index (κ2) is 10.0. The SMILES string of the molecule is N=C(/C(=C1\NC(c2ccccn2)=Cc2ccccc21)c1ccccc1)c1cc2ccccc2n1-c1ccccc1. The lowest BCUT2D eigenvalue weighted by atomic mass is 9.89. The van der Waals surface area contributed by atoms with Crippen LogP contribution in [-0.2, 0) is 0 Å². The van der Waals surface area contributed by atoms with E-state index in [0.29, 0.717) is 5.71 Å². The molecule has 4 heteroatoms.